The number of fused-ring (bicyclic) bond motifs is 1. The minimum atomic E-state index is 0.525. The van der Waals surface area contributed by atoms with E-state index in [1.54, 1.807) is 16.6 Å². The quantitative estimate of drug-likeness (QED) is 0.497. The molecule has 4 aromatic rings. The van der Waals surface area contributed by atoms with E-state index in [0.29, 0.717) is 15.9 Å². The van der Waals surface area contributed by atoms with Crippen LogP contribution in [0.4, 0.5) is 0 Å². The lowest BCUT2D eigenvalue weighted by atomic mass is 10.1. The fraction of sp³-hybridized carbons (Fsp3) is 0.0625. The van der Waals surface area contributed by atoms with Crippen molar-refractivity contribution in [3.05, 3.63) is 58.1 Å². The molecule has 4 rings (SSSR count). The Morgan fingerprint density at radius 3 is 2.70 bits per heavy atom. The second-order valence-electron chi connectivity index (χ2n) is 5.12. The van der Waals surface area contributed by atoms with Gasteiger partial charge in [0.2, 0.25) is 4.96 Å². The van der Waals surface area contributed by atoms with E-state index in [0.717, 1.165) is 21.1 Å². The van der Waals surface area contributed by atoms with E-state index in [2.05, 4.69) is 34.4 Å². The van der Waals surface area contributed by atoms with Crippen LogP contribution in [0.5, 0.6) is 0 Å². The van der Waals surface area contributed by atoms with Crippen molar-refractivity contribution in [3.63, 3.8) is 0 Å². The summed E-state index contributed by atoms with van der Waals surface area (Å²) < 4.78 is 1.72. The van der Waals surface area contributed by atoms with Gasteiger partial charge in [-0.3, -0.25) is 0 Å². The summed E-state index contributed by atoms with van der Waals surface area (Å²) >= 11 is 13.7. The zero-order valence-corrected chi connectivity index (χ0v) is 14.3. The molecule has 2 aromatic carbocycles. The van der Waals surface area contributed by atoms with Crippen LogP contribution >= 0.6 is 34.5 Å². The fourth-order valence-electron chi connectivity index (χ4n) is 2.35. The van der Waals surface area contributed by atoms with Gasteiger partial charge in [0.05, 0.1) is 5.02 Å². The summed E-state index contributed by atoms with van der Waals surface area (Å²) in [7, 11) is 0. The first-order valence-corrected chi connectivity index (χ1v) is 8.44. The van der Waals surface area contributed by atoms with Gasteiger partial charge in [-0.2, -0.15) is 9.61 Å². The van der Waals surface area contributed by atoms with Gasteiger partial charge in [0.25, 0.3) is 0 Å². The molecule has 0 aliphatic rings. The van der Waals surface area contributed by atoms with E-state index in [9.17, 15) is 0 Å². The molecule has 7 heteroatoms. The molecule has 0 saturated heterocycles. The Morgan fingerprint density at radius 2 is 1.91 bits per heavy atom. The normalized spacial score (nSPS) is 11.3. The third-order valence-corrected chi connectivity index (χ3v) is 4.92. The number of halogens is 2. The van der Waals surface area contributed by atoms with Gasteiger partial charge in [0.1, 0.15) is 5.01 Å². The molecule has 0 N–H and O–H groups in total. The maximum absolute atomic E-state index is 6.28. The van der Waals surface area contributed by atoms with Gasteiger partial charge in [-0.15, -0.1) is 10.2 Å². The lowest BCUT2D eigenvalue weighted by Gasteiger charge is -2.01. The molecule has 0 radical (unpaired) electrons. The highest BCUT2D eigenvalue weighted by atomic mass is 35.5. The van der Waals surface area contributed by atoms with Crippen LogP contribution in [-0.2, 0) is 0 Å². The van der Waals surface area contributed by atoms with Crippen LogP contribution in [0.2, 0.25) is 10.0 Å². The largest absolute Gasteiger partial charge is 0.235 e. The molecule has 23 heavy (non-hydrogen) atoms. The Balaban J connectivity index is 1.87. The monoisotopic (exact) mass is 360 g/mol. The van der Waals surface area contributed by atoms with Crippen molar-refractivity contribution in [1.82, 2.24) is 19.8 Å². The fourth-order valence-corrected chi connectivity index (χ4v) is 3.68. The molecule has 2 aromatic heterocycles. The molecule has 0 aliphatic carbocycles. The maximum atomic E-state index is 6.28. The Labute approximate surface area is 146 Å². The molecule has 4 nitrogen and oxygen atoms in total. The zero-order valence-electron chi connectivity index (χ0n) is 12.0. The second-order valence-corrected chi connectivity index (χ2v) is 6.92. The highest BCUT2D eigenvalue weighted by molar-refractivity contribution is 7.19. The third kappa shape index (κ3) is 2.61. The van der Waals surface area contributed by atoms with Crippen molar-refractivity contribution < 1.29 is 0 Å². The molecule has 0 saturated carbocycles. The molecule has 0 fully saturated rings. The molecule has 114 valence electrons. The van der Waals surface area contributed by atoms with Crippen LogP contribution in [0, 0.1) is 6.92 Å². The van der Waals surface area contributed by atoms with Crippen LogP contribution < -0.4 is 0 Å². The minimum absolute atomic E-state index is 0.525. The van der Waals surface area contributed by atoms with E-state index in [1.165, 1.54) is 16.9 Å². The van der Waals surface area contributed by atoms with Gasteiger partial charge in [0.15, 0.2) is 5.82 Å². The number of aryl methyl sites for hydroxylation is 1. The first-order chi connectivity index (χ1) is 11.1. The van der Waals surface area contributed by atoms with Gasteiger partial charge >= 0.3 is 0 Å². The Hall–Kier alpha value is -1.95. The Morgan fingerprint density at radius 1 is 1.04 bits per heavy atom. The van der Waals surface area contributed by atoms with Crippen LogP contribution in [0.3, 0.4) is 0 Å². The van der Waals surface area contributed by atoms with Crippen molar-refractivity contribution >= 4 is 39.5 Å². The van der Waals surface area contributed by atoms with Crippen molar-refractivity contribution in [2.45, 2.75) is 6.92 Å². The predicted molar refractivity (Wildman–Crippen MR) is 94.3 cm³/mol. The first kappa shape index (κ1) is 14.6. The molecule has 2 heterocycles. The summed E-state index contributed by atoms with van der Waals surface area (Å²) in [4.78, 5) is 0.725. The van der Waals surface area contributed by atoms with E-state index in [-0.39, 0.29) is 0 Å². The number of hydrogen-bond acceptors (Lipinski definition) is 4. The van der Waals surface area contributed by atoms with Crippen molar-refractivity contribution in [2.75, 3.05) is 0 Å². The van der Waals surface area contributed by atoms with Crippen LogP contribution in [0.25, 0.3) is 26.9 Å². The molecule has 0 amide bonds. The predicted octanol–water partition coefficient (Wildman–Crippen LogP) is 5.14. The molecule has 0 atom stereocenters. The molecular weight excluding hydrogens is 351 g/mol. The standard InChI is InChI=1S/C16H10Cl2N4S/c1-9-3-2-4-10(7-9)15-21-22-14(19-20-16(22)23-15)12-6-5-11(17)8-13(12)18/h2-8H,1H3. The van der Waals surface area contributed by atoms with E-state index < -0.39 is 0 Å². The van der Waals surface area contributed by atoms with Crippen LogP contribution in [-0.4, -0.2) is 19.8 Å². The Kier molecular flexibility index (Phi) is 3.56. The van der Waals surface area contributed by atoms with Crippen molar-refractivity contribution in [1.29, 1.82) is 0 Å². The first-order valence-electron chi connectivity index (χ1n) is 6.86. The Bertz CT molecular complexity index is 1020. The van der Waals surface area contributed by atoms with Gasteiger partial charge < -0.3 is 0 Å². The second kappa shape index (κ2) is 5.60. The van der Waals surface area contributed by atoms with E-state index in [1.807, 2.05) is 18.2 Å². The average Bonchev–Trinajstić information content (AvgIpc) is 3.08. The van der Waals surface area contributed by atoms with Gasteiger partial charge in [-0.25, -0.2) is 0 Å². The third-order valence-electron chi connectivity index (χ3n) is 3.43. The number of aromatic nitrogens is 4. The molecular formula is C16H10Cl2N4S. The molecule has 0 bridgehead atoms. The lowest BCUT2D eigenvalue weighted by Crippen LogP contribution is -1.92. The summed E-state index contributed by atoms with van der Waals surface area (Å²) in [5.74, 6) is 0.608. The number of benzene rings is 2. The average molecular weight is 361 g/mol. The number of rotatable bonds is 2. The summed E-state index contributed by atoms with van der Waals surface area (Å²) in [6, 6.07) is 13.5. The smallest absolute Gasteiger partial charge is 0.182 e. The molecule has 0 spiro atoms. The lowest BCUT2D eigenvalue weighted by molar-refractivity contribution is 0.970. The molecule has 0 unspecified atom stereocenters. The van der Waals surface area contributed by atoms with Crippen molar-refractivity contribution in [2.24, 2.45) is 0 Å². The SMILES string of the molecule is Cc1cccc(-c2nn3c(-c4ccc(Cl)cc4Cl)nnc3s2)c1. The molecule has 0 aliphatic heterocycles. The summed E-state index contributed by atoms with van der Waals surface area (Å²) in [5, 5.41) is 15.0. The van der Waals surface area contributed by atoms with Gasteiger partial charge in [-0.05, 0) is 31.2 Å². The van der Waals surface area contributed by atoms with E-state index >= 15 is 0 Å². The summed E-state index contributed by atoms with van der Waals surface area (Å²) in [6.07, 6.45) is 0. The van der Waals surface area contributed by atoms with Gasteiger partial charge in [0, 0.05) is 16.1 Å². The highest BCUT2D eigenvalue weighted by Crippen LogP contribution is 2.32. The van der Waals surface area contributed by atoms with Crippen molar-refractivity contribution in [3.8, 4) is 22.0 Å². The maximum Gasteiger partial charge on any atom is 0.235 e. The summed E-state index contributed by atoms with van der Waals surface area (Å²) in [6.45, 7) is 2.06. The summed E-state index contributed by atoms with van der Waals surface area (Å²) in [5.41, 5.74) is 3.01. The van der Waals surface area contributed by atoms with E-state index in [4.69, 9.17) is 23.2 Å². The van der Waals surface area contributed by atoms with Crippen LogP contribution in [0.1, 0.15) is 5.56 Å². The topological polar surface area (TPSA) is 43.1 Å². The number of hydrogen-bond donors (Lipinski definition) is 0. The zero-order chi connectivity index (χ0) is 16.0. The number of nitrogens with zero attached hydrogens (tertiary/aromatic N) is 4. The minimum Gasteiger partial charge on any atom is -0.182 e. The highest BCUT2D eigenvalue weighted by Gasteiger charge is 2.16. The van der Waals surface area contributed by atoms with Crippen LogP contribution in [0.15, 0.2) is 42.5 Å². The van der Waals surface area contributed by atoms with Gasteiger partial charge in [-0.1, -0.05) is 58.3 Å².